The lowest BCUT2D eigenvalue weighted by atomic mass is 10.1. The first-order valence-electron chi connectivity index (χ1n) is 5.94. The molecule has 1 heterocycles. The Kier molecular flexibility index (Phi) is 4.35. The molecule has 0 aliphatic heterocycles. The third-order valence-corrected chi connectivity index (χ3v) is 2.59. The van der Waals surface area contributed by atoms with E-state index >= 15 is 0 Å². The third-order valence-electron chi connectivity index (χ3n) is 2.59. The number of carbonyl (C=O) groups is 2. The first kappa shape index (κ1) is 14.3. The number of non-ortho nitro benzene ring substituents is 1. The van der Waals surface area contributed by atoms with Crippen molar-refractivity contribution in [2.24, 2.45) is 0 Å². The lowest BCUT2D eigenvalue weighted by Crippen LogP contribution is -2.15. The molecule has 0 fully saturated rings. The van der Waals surface area contributed by atoms with E-state index in [9.17, 15) is 19.7 Å². The first-order valence-corrected chi connectivity index (χ1v) is 5.94. The second kappa shape index (κ2) is 6.38. The fourth-order valence-electron chi connectivity index (χ4n) is 1.56. The second-order valence-corrected chi connectivity index (χ2v) is 4.02. The molecule has 0 N–H and O–H groups in total. The zero-order chi connectivity index (χ0) is 15.2. The smallest absolute Gasteiger partial charge is 0.357 e. The zero-order valence-corrected chi connectivity index (χ0v) is 10.8. The molecule has 1 aromatic heterocycles. The van der Waals surface area contributed by atoms with E-state index in [-0.39, 0.29) is 16.9 Å². The SMILES string of the molecule is O=C(COC(=O)c1ccccn1)c1cccc([N+](=O)[O-])c1. The first-order chi connectivity index (χ1) is 10.1. The van der Waals surface area contributed by atoms with Gasteiger partial charge in [-0.05, 0) is 12.1 Å². The molecule has 0 unspecified atom stereocenters. The van der Waals surface area contributed by atoms with Crippen molar-refractivity contribution in [2.45, 2.75) is 0 Å². The number of ketones is 1. The van der Waals surface area contributed by atoms with Crippen LogP contribution in [0.15, 0.2) is 48.7 Å². The van der Waals surface area contributed by atoms with Crippen molar-refractivity contribution in [2.75, 3.05) is 6.61 Å². The van der Waals surface area contributed by atoms with E-state index in [4.69, 9.17) is 4.74 Å². The highest BCUT2D eigenvalue weighted by atomic mass is 16.6. The number of benzene rings is 1. The number of pyridine rings is 1. The second-order valence-electron chi connectivity index (χ2n) is 4.02. The molecule has 0 spiro atoms. The van der Waals surface area contributed by atoms with Crippen LogP contribution < -0.4 is 0 Å². The fourth-order valence-corrected chi connectivity index (χ4v) is 1.56. The molecule has 0 amide bonds. The van der Waals surface area contributed by atoms with Crippen LogP contribution in [0.25, 0.3) is 0 Å². The van der Waals surface area contributed by atoms with Crippen molar-refractivity contribution >= 4 is 17.4 Å². The van der Waals surface area contributed by atoms with E-state index in [2.05, 4.69) is 4.98 Å². The summed E-state index contributed by atoms with van der Waals surface area (Å²) in [5.41, 5.74) is -0.000680. The topological polar surface area (TPSA) is 99.4 Å². The van der Waals surface area contributed by atoms with Gasteiger partial charge in [-0.3, -0.25) is 14.9 Å². The molecule has 2 rings (SSSR count). The van der Waals surface area contributed by atoms with Crippen LogP contribution in [0.4, 0.5) is 5.69 Å². The molecule has 2 aromatic rings. The van der Waals surface area contributed by atoms with E-state index in [1.807, 2.05) is 0 Å². The molecule has 0 saturated carbocycles. The summed E-state index contributed by atoms with van der Waals surface area (Å²) in [5, 5.41) is 10.6. The van der Waals surface area contributed by atoms with Crippen LogP contribution in [0.2, 0.25) is 0 Å². The Hall–Kier alpha value is -3.09. The van der Waals surface area contributed by atoms with Crippen LogP contribution >= 0.6 is 0 Å². The van der Waals surface area contributed by atoms with Gasteiger partial charge in [0.2, 0.25) is 5.78 Å². The van der Waals surface area contributed by atoms with Crippen LogP contribution in [-0.2, 0) is 4.74 Å². The lowest BCUT2D eigenvalue weighted by Gasteiger charge is -2.03. The minimum atomic E-state index is -0.727. The van der Waals surface area contributed by atoms with Gasteiger partial charge in [0.1, 0.15) is 5.69 Å². The number of rotatable bonds is 5. The normalized spacial score (nSPS) is 9.90. The Labute approximate surface area is 119 Å². The number of ether oxygens (including phenoxy) is 1. The molecular weight excluding hydrogens is 276 g/mol. The summed E-state index contributed by atoms with van der Waals surface area (Å²) in [4.78, 5) is 37.3. The van der Waals surface area contributed by atoms with Gasteiger partial charge in [0.05, 0.1) is 4.92 Å². The van der Waals surface area contributed by atoms with Gasteiger partial charge in [-0.25, -0.2) is 9.78 Å². The summed E-state index contributed by atoms with van der Waals surface area (Å²) in [5.74, 6) is -1.25. The van der Waals surface area contributed by atoms with E-state index in [1.165, 1.54) is 30.5 Å². The number of carbonyl (C=O) groups excluding carboxylic acids is 2. The maximum absolute atomic E-state index is 11.8. The van der Waals surface area contributed by atoms with Gasteiger partial charge in [0.25, 0.3) is 5.69 Å². The summed E-state index contributed by atoms with van der Waals surface area (Å²) in [7, 11) is 0. The van der Waals surface area contributed by atoms with Crippen LogP contribution in [0.1, 0.15) is 20.8 Å². The molecule has 0 saturated heterocycles. The molecule has 7 nitrogen and oxygen atoms in total. The van der Waals surface area contributed by atoms with Crippen molar-refractivity contribution in [3.8, 4) is 0 Å². The van der Waals surface area contributed by atoms with Crippen LogP contribution in [0, 0.1) is 10.1 Å². The number of aromatic nitrogens is 1. The summed E-state index contributed by atoms with van der Waals surface area (Å²) >= 11 is 0. The Morgan fingerprint density at radius 3 is 2.67 bits per heavy atom. The van der Waals surface area contributed by atoms with Crippen molar-refractivity contribution in [1.82, 2.24) is 4.98 Å². The molecule has 0 aliphatic rings. The summed E-state index contributed by atoms with van der Waals surface area (Å²) in [6, 6.07) is 9.95. The van der Waals surface area contributed by atoms with Gasteiger partial charge in [-0.1, -0.05) is 18.2 Å². The number of nitro groups is 1. The standard InChI is InChI=1S/C14H10N2O5/c17-13(10-4-3-5-11(8-10)16(19)20)9-21-14(18)12-6-1-2-7-15-12/h1-8H,9H2. The van der Waals surface area contributed by atoms with Gasteiger partial charge in [-0.2, -0.15) is 0 Å². The maximum Gasteiger partial charge on any atom is 0.357 e. The average molecular weight is 286 g/mol. The highest BCUT2D eigenvalue weighted by molar-refractivity contribution is 5.99. The number of esters is 1. The zero-order valence-electron chi connectivity index (χ0n) is 10.8. The predicted molar refractivity (Wildman–Crippen MR) is 71.9 cm³/mol. The van der Waals surface area contributed by atoms with Gasteiger partial charge < -0.3 is 4.74 Å². The average Bonchev–Trinajstić information content (AvgIpc) is 2.53. The molecular formula is C14H10N2O5. The maximum atomic E-state index is 11.8. The van der Waals surface area contributed by atoms with E-state index in [0.29, 0.717) is 0 Å². The Morgan fingerprint density at radius 1 is 1.19 bits per heavy atom. The van der Waals surface area contributed by atoms with Crippen molar-refractivity contribution in [1.29, 1.82) is 0 Å². The summed E-state index contributed by atoms with van der Waals surface area (Å²) < 4.78 is 4.82. The number of hydrogen-bond donors (Lipinski definition) is 0. The summed E-state index contributed by atoms with van der Waals surface area (Å²) in [6.45, 7) is -0.503. The molecule has 0 radical (unpaired) electrons. The molecule has 0 atom stereocenters. The highest BCUT2D eigenvalue weighted by Crippen LogP contribution is 2.13. The molecule has 106 valence electrons. The number of nitrogens with zero attached hydrogens (tertiary/aromatic N) is 2. The molecule has 21 heavy (non-hydrogen) atoms. The molecule has 7 heteroatoms. The number of nitro benzene ring substituents is 1. The third kappa shape index (κ3) is 3.69. The van der Waals surface area contributed by atoms with Gasteiger partial charge in [0.15, 0.2) is 6.61 Å². The quantitative estimate of drug-likeness (QED) is 0.361. The van der Waals surface area contributed by atoms with Crippen molar-refractivity contribution < 1.29 is 19.2 Å². The van der Waals surface area contributed by atoms with Crippen LogP contribution in [-0.4, -0.2) is 28.3 Å². The Morgan fingerprint density at radius 2 is 2.00 bits per heavy atom. The van der Waals surface area contributed by atoms with Gasteiger partial charge in [-0.15, -0.1) is 0 Å². The van der Waals surface area contributed by atoms with Crippen LogP contribution in [0.5, 0.6) is 0 Å². The van der Waals surface area contributed by atoms with Crippen molar-refractivity contribution in [3.05, 3.63) is 70.0 Å². The molecule has 0 bridgehead atoms. The van der Waals surface area contributed by atoms with Gasteiger partial charge in [0, 0.05) is 23.9 Å². The van der Waals surface area contributed by atoms with E-state index in [0.717, 1.165) is 6.07 Å². The number of hydrogen-bond acceptors (Lipinski definition) is 6. The highest BCUT2D eigenvalue weighted by Gasteiger charge is 2.14. The summed E-state index contributed by atoms with van der Waals surface area (Å²) in [6.07, 6.45) is 1.43. The van der Waals surface area contributed by atoms with Crippen molar-refractivity contribution in [3.63, 3.8) is 0 Å². The molecule has 0 aliphatic carbocycles. The fraction of sp³-hybridized carbons (Fsp3) is 0.0714. The minimum absolute atomic E-state index is 0.0874. The van der Waals surface area contributed by atoms with Gasteiger partial charge >= 0.3 is 5.97 Å². The predicted octanol–water partition coefficient (Wildman–Crippen LogP) is 2.03. The van der Waals surface area contributed by atoms with E-state index < -0.39 is 23.3 Å². The monoisotopic (exact) mass is 286 g/mol. The minimum Gasteiger partial charge on any atom is -0.453 e. The molecule has 1 aromatic carbocycles. The Bertz CT molecular complexity index is 685. The van der Waals surface area contributed by atoms with E-state index in [1.54, 1.807) is 12.1 Å². The van der Waals surface area contributed by atoms with Crippen LogP contribution in [0.3, 0.4) is 0 Å². The lowest BCUT2D eigenvalue weighted by molar-refractivity contribution is -0.384. The largest absolute Gasteiger partial charge is 0.453 e. The Balaban J connectivity index is 2.01. The number of Topliss-reactive ketones (excluding diaryl/α,β-unsaturated/α-hetero) is 1.